The molecule has 0 fully saturated rings. The van der Waals surface area contributed by atoms with E-state index in [2.05, 4.69) is 31.3 Å². The SMILES string of the molecule is C1=NNCC1.CC(C)C. The van der Waals surface area contributed by atoms with Gasteiger partial charge in [0.2, 0.25) is 0 Å². The Hall–Kier alpha value is -0.530. The van der Waals surface area contributed by atoms with Gasteiger partial charge in [0.1, 0.15) is 0 Å². The van der Waals surface area contributed by atoms with E-state index in [4.69, 9.17) is 0 Å². The quantitative estimate of drug-likeness (QED) is 0.527. The van der Waals surface area contributed by atoms with Gasteiger partial charge in [-0.3, -0.25) is 0 Å². The summed E-state index contributed by atoms with van der Waals surface area (Å²) in [6.07, 6.45) is 2.97. The van der Waals surface area contributed by atoms with E-state index in [1.165, 1.54) is 0 Å². The number of hydrogen-bond donors (Lipinski definition) is 1. The maximum Gasteiger partial charge on any atom is 0.0379 e. The largest absolute Gasteiger partial charge is 0.310 e. The zero-order valence-corrected chi connectivity index (χ0v) is 6.52. The van der Waals surface area contributed by atoms with E-state index >= 15 is 0 Å². The average molecular weight is 128 g/mol. The molecule has 0 unspecified atom stereocenters. The third-order valence-electron chi connectivity index (χ3n) is 0.568. The van der Waals surface area contributed by atoms with Crippen LogP contribution < -0.4 is 5.43 Å². The van der Waals surface area contributed by atoms with Gasteiger partial charge in [0.05, 0.1) is 0 Å². The zero-order chi connectivity index (χ0) is 7.11. The number of nitrogens with one attached hydrogen (secondary N) is 1. The Labute approximate surface area is 57.3 Å². The Balaban J connectivity index is 0.000000148. The van der Waals surface area contributed by atoms with Crippen LogP contribution in [0.25, 0.3) is 0 Å². The summed E-state index contributed by atoms with van der Waals surface area (Å²) in [5.41, 5.74) is 2.79. The van der Waals surface area contributed by atoms with Gasteiger partial charge in [0.15, 0.2) is 0 Å². The Bertz CT molecular complexity index is 68.2. The molecule has 2 heteroatoms. The van der Waals surface area contributed by atoms with E-state index in [0.29, 0.717) is 0 Å². The second kappa shape index (κ2) is 5.60. The fraction of sp³-hybridized carbons (Fsp3) is 0.857. The molecule has 0 amide bonds. The smallest absolute Gasteiger partial charge is 0.0379 e. The molecule has 1 N–H and O–H groups in total. The Morgan fingerprint density at radius 3 is 2.11 bits per heavy atom. The first-order chi connectivity index (χ1) is 4.23. The number of nitrogens with zero attached hydrogens (tertiary/aromatic N) is 1. The summed E-state index contributed by atoms with van der Waals surface area (Å²) in [7, 11) is 0. The highest BCUT2D eigenvalue weighted by Crippen LogP contribution is 1.81. The summed E-state index contributed by atoms with van der Waals surface area (Å²) < 4.78 is 0. The lowest BCUT2D eigenvalue weighted by Gasteiger charge is -1.79. The first-order valence-corrected chi connectivity index (χ1v) is 3.48. The van der Waals surface area contributed by atoms with Gasteiger partial charge < -0.3 is 5.43 Å². The van der Waals surface area contributed by atoms with Gasteiger partial charge in [-0.2, -0.15) is 5.10 Å². The molecular weight excluding hydrogens is 112 g/mol. The predicted octanol–water partition coefficient (Wildman–Crippen LogP) is 1.63. The number of hydrogen-bond acceptors (Lipinski definition) is 2. The van der Waals surface area contributed by atoms with E-state index < -0.39 is 0 Å². The molecule has 0 saturated heterocycles. The summed E-state index contributed by atoms with van der Waals surface area (Å²) in [5, 5.41) is 3.71. The summed E-state index contributed by atoms with van der Waals surface area (Å²) in [6.45, 7) is 7.53. The molecule has 0 bridgehead atoms. The second-order valence-corrected chi connectivity index (χ2v) is 2.74. The molecule has 0 aromatic heterocycles. The minimum absolute atomic E-state index is 0.833. The minimum Gasteiger partial charge on any atom is -0.310 e. The molecule has 0 spiro atoms. The Kier molecular flexibility index (Phi) is 5.27. The van der Waals surface area contributed by atoms with Gasteiger partial charge in [-0.05, 0) is 5.92 Å². The molecule has 0 saturated carbocycles. The highest BCUT2D eigenvalue weighted by atomic mass is 15.3. The maximum atomic E-state index is 3.71. The molecule has 0 aliphatic carbocycles. The van der Waals surface area contributed by atoms with Crippen molar-refractivity contribution < 1.29 is 0 Å². The monoisotopic (exact) mass is 128 g/mol. The molecule has 54 valence electrons. The van der Waals surface area contributed by atoms with Crippen LogP contribution in [-0.4, -0.2) is 12.8 Å². The van der Waals surface area contributed by atoms with E-state index in [1.54, 1.807) is 0 Å². The molecule has 1 rings (SSSR count). The van der Waals surface area contributed by atoms with Crippen molar-refractivity contribution in [3.8, 4) is 0 Å². The van der Waals surface area contributed by atoms with E-state index in [-0.39, 0.29) is 0 Å². The van der Waals surface area contributed by atoms with E-state index in [0.717, 1.165) is 18.9 Å². The maximum absolute atomic E-state index is 3.71. The van der Waals surface area contributed by atoms with Crippen molar-refractivity contribution in [2.45, 2.75) is 27.2 Å². The topological polar surface area (TPSA) is 24.4 Å². The lowest BCUT2D eigenvalue weighted by molar-refractivity contribution is 0.737. The van der Waals surface area contributed by atoms with Crippen molar-refractivity contribution in [1.82, 2.24) is 5.43 Å². The lowest BCUT2D eigenvalue weighted by atomic mass is 10.3. The normalized spacial score (nSPS) is 14.7. The van der Waals surface area contributed by atoms with Crippen LogP contribution in [0.15, 0.2) is 5.10 Å². The van der Waals surface area contributed by atoms with Crippen LogP contribution in [-0.2, 0) is 0 Å². The average Bonchev–Trinajstić information content (AvgIpc) is 2.11. The van der Waals surface area contributed by atoms with Crippen LogP contribution in [0.1, 0.15) is 27.2 Å². The van der Waals surface area contributed by atoms with E-state index in [9.17, 15) is 0 Å². The molecule has 1 aliphatic heterocycles. The van der Waals surface area contributed by atoms with E-state index in [1.807, 2.05) is 6.21 Å². The highest BCUT2D eigenvalue weighted by molar-refractivity contribution is 5.58. The molecule has 0 atom stereocenters. The van der Waals surface area contributed by atoms with Gasteiger partial charge in [0.25, 0.3) is 0 Å². The molecule has 0 aromatic carbocycles. The summed E-state index contributed by atoms with van der Waals surface area (Å²) in [6, 6.07) is 0. The van der Waals surface area contributed by atoms with Gasteiger partial charge in [-0.1, -0.05) is 20.8 Å². The van der Waals surface area contributed by atoms with Crippen molar-refractivity contribution in [1.29, 1.82) is 0 Å². The minimum atomic E-state index is 0.833. The van der Waals surface area contributed by atoms with Gasteiger partial charge >= 0.3 is 0 Å². The van der Waals surface area contributed by atoms with Crippen LogP contribution in [0.4, 0.5) is 0 Å². The fourth-order valence-electron chi connectivity index (χ4n) is 0.323. The third-order valence-corrected chi connectivity index (χ3v) is 0.568. The number of hydrazone groups is 1. The highest BCUT2D eigenvalue weighted by Gasteiger charge is 1.83. The summed E-state index contributed by atoms with van der Waals surface area (Å²) in [4.78, 5) is 0. The van der Waals surface area contributed by atoms with Crippen LogP contribution in [0.5, 0.6) is 0 Å². The molecule has 2 nitrogen and oxygen atoms in total. The van der Waals surface area contributed by atoms with Crippen molar-refractivity contribution in [2.24, 2.45) is 11.0 Å². The van der Waals surface area contributed by atoms with Crippen LogP contribution in [0.2, 0.25) is 0 Å². The zero-order valence-electron chi connectivity index (χ0n) is 6.52. The molecule has 1 heterocycles. The molecule has 0 radical (unpaired) electrons. The van der Waals surface area contributed by atoms with Gasteiger partial charge in [-0.15, -0.1) is 0 Å². The van der Waals surface area contributed by atoms with Gasteiger partial charge in [0, 0.05) is 19.2 Å². The predicted molar refractivity (Wildman–Crippen MR) is 41.6 cm³/mol. The van der Waals surface area contributed by atoms with Crippen molar-refractivity contribution in [3.63, 3.8) is 0 Å². The molecular formula is C7H16N2. The Morgan fingerprint density at radius 2 is 2.00 bits per heavy atom. The third kappa shape index (κ3) is 11.2. The summed E-state index contributed by atoms with van der Waals surface area (Å²) >= 11 is 0. The van der Waals surface area contributed by atoms with Crippen LogP contribution in [0, 0.1) is 5.92 Å². The van der Waals surface area contributed by atoms with Crippen molar-refractivity contribution in [2.75, 3.05) is 6.54 Å². The first kappa shape index (κ1) is 8.47. The van der Waals surface area contributed by atoms with Crippen molar-refractivity contribution >= 4 is 6.21 Å². The Morgan fingerprint density at radius 1 is 1.44 bits per heavy atom. The first-order valence-electron chi connectivity index (χ1n) is 3.48. The summed E-state index contributed by atoms with van der Waals surface area (Å²) in [5.74, 6) is 0.833. The van der Waals surface area contributed by atoms with Crippen LogP contribution in [0.3, 0.4) is 0 Å². The molecule has 0 aromatic rings. The fourth-order valence-corrected chi connectivity index (χ4v) is 0.323. The standard InChI is InChI=1S/C4H10.C3H6N2/c1-4(2)3;1-2-4-5-3-1/h4H,1-3H3;2,5H,1,3H2. The van der Waals surface area contributed by atoms with Gasteiger partial charge in [-0.25, -0.2) is 0 Å². The molecule has 9 heavy (non-hydrogen) atoms. The number of rotatable bonds is 0. The van der Waals surface area contributed by atoms with Crippen LogP contribution >= 0.6 is 0 Å². The lowest BCUT2D eigenvalue weighted by Crippen LogP contribution is -1.96. The second-order valence-electron chi connectivity index (χ2n) is 2.74. The van der Waals surface area contributed by atoms with Crippen molar-refractivity contribution in [3.05, 3.63) is 0 Å². The molecule has 1 aliphatic rings.